The summed E-state index contributed by atoms with van der Waals surface area (Å²) in [5.74, 6) is 0.639. The topological polar surface area (TPSA) is 12.0 Å². The molecule has 0 bridgehead atoms. The highest BCUT2D eigenvalue weighted by Crippen LogP contribution is 2.02. The van der Waals surface area contributed by atoms with Crippen LogP contribution in [-0.4, -0.2) is 13.1 Å². The van der Waals surface area contributed by atoms with Crippen molar-refractivity contribution >= 4 is 0 Å². The molecule has 0 aliphatic heterocycles. The van der Waals surface area contributed by atoms with Gasteiger partial charge in [0.1, 0.15) is 0 Å². The molecule has 9 heavy (non-hydrogen) atoms. The van der Waals surface area contributed by atoms with E-state index in [1.807, 2.05) is 7.05 Å². The fourth-order valence-electron chi connectivity index (χ4n) is 0.733. The molecule has 2 atom stereocenters. The Morgan fingerprint density at radius 1 is 1.33 bits per heavy atom. The van der Waals surface area contributed by atoms with Gasteiger partial charge in [-0.25, -0.2) is 0 Å². The lowest BCUT2D eigenvalue weighted by Crippen LogP contribution is -2.27. The molecule has 2 unspecified atom stereocenters. The van der Waals surface area contributed by atoms with Crippen LogP contribution in [-0.2, 0) is 0 Å². The van der Waals surface area contributed by atoms with E-state index < -0.39 is 0 Å². The summed E-state index contributed by atoms with van der Waals surface area (Å²) in [6, 6.07) is 0.584. The van der Waals surface area contributed by atoms with Crippen molar-refractivity contribution in [3.05, 3.63) is 12.2 Å². The van der Waals surface area contributed by atoms with Crippen LogP contribution in [0.1, 0.15) is 20.8 Å². The Bertz CT molecular complexity index is 86.6. The minimum absolute atomic E-state index is 0.584. The summed E-state index contributed by atoms with van der Waals surface area (Å²) >= 11 is 0. The Morgan fingerprint density at radius 2 is 1.89 bits per heavy atom. The van der Waals surface area contributed by atoms with Gasteiger partial charge in [-0.05, 0) is 26.8 Å². The minimum atomic E-state index is 0.584. The molecular formula is C8H17N. The van der Waals surface area contributed by atoms with E-state index in [0.29, 0.717) is 12.0 Å². The van der Waals surface area contributed by atoms with Crippen LogP contribution in [0, 0.1) is 5.92 Å². The lowest BCUT2D eigenvalue weighted by molar-refractivity contribution is 0.498. The van der Waals surface area contributed by atoms with Gasteiger partial charge in [0.2, 0.25) is 0 Å². The SMILES string of the molecule is CC=CC(C)C(C)NC. The van der Waals surface area contributed by atoms with E-state index in [2.05, 4.69) is 38.2 Å². The van der Waals surface area contributed by atoms with Gasteiger partial charge in [-0.3, -0.25) is 0 Å². The Labute approximate surface area is 58.2 Å². The molecule has 0 amide bonds. The van der Waals surface area contributed by atoms with Gasteiger partial charge in [0.25, 0.3) is 0 Å². The highest BCUT2D eigenvalue weighted by molar-refractivity contribution is 4.87. The molecule has 0 aromatic rings. The van der Waals surface area contributed by atoms with Gasteiger partial charge in [-0.15, -0.1) is 0 Å². The average Bonchev–Trinajstić information content (AvgIpc) is 1.87. The summed E-state index contributed by atoms with van der Waals surface area (Å²) < 4.78 is 0. The first-order valence-electron chi connectivity index (χ1n) is 3.52. The van der Waals surface area contributed by atoms with Crippen molar-refractivity contribution in [1.29, 1.82) is 0 Å². The van der Waals surface area contributed by atoms with E-state index in [0.717, 1.165) is 0 Å². The zero-order valence-electron chi connectivity index (χ0n) is 6.81. The molecule has 0 fully saturated rings. The zero-order chi connectivity index (χ0) is 7.28. The second-order valence-electron chi connectivity index (χ2n) is 2.46. The van der Waals surface area contributed by atoms with Crippen molar-refractivity contribution in [2.75, 3.05) is 7.05 Å². The molecule has 0 radical (unpaired) electrons. The second-order valence-corrected chi connectivity index (χ2v) is 2.46. The third-order valence-corrected chi connectivity index (χ3v) is 1.74. The number of allylic oxidation sites excluding steroid dienone is 1. The van der Waals surface area contributed by atoms with Crippen molar-refractivity contribution in [1.82, 2.24) is 5.32 Å². The van der Waals surface area contributed by atoms with Crippen LogP contribution in [0.3, 0.4) is 0 Å². The maximum Gasteiger partial charge on any atom is 0.00958 e. The monoisotopic (exact) mass is 127 g/mol. The molecule has 0 saturated heterocycles. The number of hydrogen-bond donors (Lipinski definition) is 1. The normalized spacial score (nSPS) is 18.2. The lowest BCUT2D eigenvalue weighted by atomic mass is 10.0. The molecule has 0 spiro atoms. The fourth-order valence-corrected chi connectivity index (χ4v) is 0.733. The average molecular weight is 127 g/mol. The van der Waals surface area contributed by atoms with Gasteiger partial charge in [0.15, 0.2) is 0 Å². The molecular weight excluding hydrogens is 110 g/mol. The van der Waals surface area contributed by atoms with Gasteiger partial charge < -0.3 is 5.32 Å². The number of hydrogen-bond acceptors (Lipinski definition) is 1. The summed E-state index contributed by atoms with van der Waals surface area (Å²) in [6.07, 6.45) is 4.31. The van der Waals surface area contributed by atoms with Gasteiger partial charge in [0, 0.05) is 6.04 Å². The Kier molecular flexibility index (Phi) is 4.41. The molecule has 1 heteroatoms. The van der Waals surface area contributed by atoms with Crippen molar-refractivity contribution in [2.45, 2.75) is 26.8 Å². The Hall–Kier alpha value is -0.300. The van der Waals surface area contributed by atoms with Crippen LogP contribution in [0.5, 0.6) is 0 Å². The first-order chi connectivity index (χ1) is 4.22. The van der Waals surface area contributed by atoms with Crippen LogP contribution < -0.4 is 5.32 Å². The zero-order valence-corrected chi connectivity index (χ0v) is 6.81. The van der Waals surface area contributed by atoms with E-state index in [1.54, 1.807) is 0 Å². The number of rotatable bonds is 3. The molecule has 0 aliphatic carbocycles. The van der Waals surface area contributed by atoms with Crippen molar-refractivity contribution in [3.63, 3.8) is 0 Å². The smallest absolute Gasteiger partial charge is 0.00958 e. The van der Waals surface area contributed by atoms with E-state index >= 15 is 0 Å². The first kappa shape index (κ1) is 8.70. The van der Waals surface area contributed by atoms with Gasteiger partial charge in [0.05, 0.1) is 0 Å². The second kappa shape index (κ2) is 4.57. The lowest BCUT2D eigenvalue weighted by Gasteiger charge is -2.14. The quantitative estimate of drug-likeness (QED) is 0.570. The highest BCUT2D eigenvalue weighted by atomic mass is 14.9. The Balaban J connectivity index is 3.58. The van der Waals surface area contributed by atoms with Gasteiger partial charge >= 0.3 is 0 Å². The summed E-state index contributed by atoms with van der Waals surface area (Å²) in [7, 11) is 1.99. The third-order valence-electron chi connectivity index (χ3n) is 1.74. The molecule has 0 aromatic carbocycles. The third kappa shape index (κ3) is 3.31. The van der Waals surface area contributed by atoms with Crippen LogP contribution in [0.25, 0.3) is 0 Å². The van der Waals surface area contributed by atoms with E-state index in [1.165, 1.54) is 0 Å². The van der Waals surface area contributed by atoms with Crippen molar-refractivity contribution in [2.24, 2.45) is 5.92 Å². The number of nitrogens with one attached hydrogen (secondary N) is 1. The molecule has 54 valence electrons. The van der Waals surface area contributed by atoms with E-state index in [4.69, 9.17) is 0 Å². The summed E-state index contributed by atoms with van der Waals surface area (Å²) in [6.45, 7) is 6.45. The van der Waals surface area contributed by atoms with E-state index in [9.17, 15) is 0 Å². The Morgan fingerprint density at radius 3 is 2.22 bits per heavy atom. The minimum Gasteiger partial charge on any atom is -0.317 e. The van der Waals surface area contributed by atoms with Gasteiger partial charge in [-0.1, -0.05) is 19.1 Å². The van der Waals surface area contributed by atoms with Gasteiger partial charge in [-0.2, -0.15) is 0 Å². The predicted molar refractivity (Wildman–Crippen MR) is 42.5 cm³/mol. The fraction of sp³-hybridized carbons (Fsp3) is 0.750. The van der Waals surface area contributed by atoms with Crippen LogP contribution in [0.15, 0.2) is 12.2 Å². The highest BCUT2D eigenvalue weighted by Gasteiger charge is 2.03. The maximum absolute atomic E-state index is 3.20. The van der Waals surface area contributed by atoms with Crippen LogP contribution in [0.2, 0.25) is 0 Å². The largest absolute Gasteiger partial charge is 0.317 e. The summed E-state index contributed by atoms with van der Waals surface area (Å²) in [4.78, 5) is 0. The van der Waals surface area contributed by atoms with Crippen LogP contribution >= 0.6 is 0 Å². The molecule has 0 aromatic heterocycles. The molecule has 0 saturated carbocycles. The maximum atomic E-state index is 3.20. The molecule has 0 heterocycles. The van der Waals surface area contributed by atoms with Crippen molar-refractivity contribution in [3.8, 4) is 0 Å². The van der Waals surface area contributed by atoms with Crippen molar-refractivity contribution < 1.29 is 0 Å². The predicted octanol–water partition coefficient (Wildman–Crippen LogP) is 1.81. The summed E-state index contributed by atoms with van der Waals surface area (Å²) in [5.41, 5.74) is 0. The molecule has 1 N–H and O–H groups in total. The molecule has 1 nitrogen and oxygen atoms in total. The molecule has 0 rings (SSSR count). The summed E-state index contributed by atoms with van der Waals surface area (Å²) in [5, 5.41) is 3.20. The standard InChI is InChI=1S/C8H17N/c1-5-6-7(2)8(3)9-4/h5-9H,1-4H3. The first-order valence-corrected chi connectivity index (χ1v) is 3.52. The van der Waals surface area contributed by atoms with Crippen LogP contribution in [0.4, 0.5) is 0 Å². The van der Waals surface area contributed by atoms with E-state index in [-0.39, 0.29) is 0 Å². The molecule has 0 aliphatic rings.